The van der Waals surface area contributed by atoms with E-state index in [-0.39, 0.29) is 0 Å². The molecule has 2 N–H and O–H groups in total. The first-order valence-electron chi connectivity index (χ1n) is 7.36. The van der Waals surface area contributed by atoms with Crippen LogP contribution in [0.3, 0.4) is 0 Å². The van der Waals surface area contributed by atoms with Crippen molar-refractivity contribution in [3.8, 4) is 0 Å². The summed E-state index contributed by atoms with van der Waals surface area (Å²) < 4.78 is 0. The number of nitrogens with zero attached hydrogens (tertiary/aromatic N) is 4. The summed E-state index contributed by atoms with van der Waals surface area (Å²) in [5.74, 6) is 1.67. The minimum absolute atomic E-state index is 0.679. The number of rotatable bonds is 4. The van der Waals surface area contributed by atoms with Gasteiger partial charge in [0.25, 0.3) is 0 Å². The van der Waals surface area contributed by atoms with Crippen molar-refractivity contribution in [2.45, 2.75) is 19.4 Å². The molecule has 1 aromatic carbocycles. The van der Waals surface area contributed by atoms with E-state index in [9.17, 15) is 0 Å². The van der Waals surface area contributed by atoms with Gasteiger partial charge in [-0.25, -0.2) is 9.97 Å². The van der Waals surface area contributed by atoms with Gasteiger partial charge in [0.1, 0.15) is 12.0 Å². The standard InChI is InChI=1S/C16H21N5/c1-20(11-13-7-3-2-4-8-13)15-14(17)16(19-12-18-15)21-9-5-6-10-21/h2-4,7-8,12H,5-6,9-11,17H2,1H3. The van der Waals surface area contributed by atoms with Gasteiger partial charge in [0.15, 0.2) is 11.6 Å². The number of hydrogen-bond donors (Lipinski definition) is 1. The van der Waals surface area contributed by atoms with Crippen LogP contribution < -0.4 is 15.5 Å². The highest BCUT2D eigenvalue weighted by Gasteiger charge is 2.19. The Balaban J connectivity index is 1.83. The summed E-state index contributed by atoms with van der Waals surface area (Å²) in [4.78, 5) is 13.1. The van der Waals surface area contributed by atoms with Crippen molar-refractivity contribution >= 4 is 17.3 Å². The van der Waals surface area contributed by atoms with E-state index >= 15 is 0 Å². The van der Waals surface area contributed by atoms with Gasteiger partial charge in [0.05, 0.1) is 0 Å². The second-order valence-corrected chi connectivity index (χ2v) is 5.47. The molecule has 2 heterocycles. The number of anilines is 3. The molecule has 21 heavy (non-hydrogen) atoms. The van der Waals surface area contributed by atoms with Gasteiger partial charge in [-0.05, 0) is 18.4 Å². The zero-order valence-corrected chi connectivity index (χ0v) is 12.4. The molecule has 0 unspecified atom stereocenters. The first-order chi connectivity index (χ1) is 10.3. The normalized spacial score (nSPS) is 14.4. The third-order valence-corrected chi connectivity index (χ3v) is 3.87. The number of nitrogens with two attached hydrogens (primary N) is 1. The molecule has 3 rings (SSSR count). The lowest BCUT2D eigenvalue weighted by Crippen LogP contribution is -2.24. The summed E-state index contributed by atoms with van der Waals surface area (Å²) >= 11 is 0. The average molecular weight is 283 g/mol. The van der Waals surface area contributed by atoms with Crippen molar-refractivity contribution in [1.29, 1.82) is 0 Å². The maximum atomic E-state index is 6.31. The molecule has 1 aromatic heterocycles. The quantitative estimate of drug-likeness (QED) is 0.933. The van der Waals surface area contributed by atoms with Crippen LogP contribution in [0.1, 0.15) is 18.4 Å². The summed E-state index contributed by atoms with van der Waals surface area (Å²) in [5, 5.41) is 0. The van der Waals surface area contributed by atoms with Crippen LogP contribution >= 0.6 is 0 Å². The molecule has 0 radical (unpaired) electrons. The van der Waals surface area contributed by atoms with Crippen LogP contribution in [0.25, 0.3) is 0 Å². The molecule has 110 valence electrons. The van der Waals surface area contributed by atoms with Crippen LogP contribution in [0.4, 0.5) is 17.3 Å². The summed E-state index contributed by atoms with van der Waals surface area (Å²) in [6.45, 7) is 2.84. The molecule has 0 spiro atoms. The Morgan fingerprint density at radius 2 is 1.86 bits per heavy atom. The third-order valence-electron chi connectivity index (χ3n) is 3.87. The highest BCUT2D eigenvalue weighted by atomic mass is 15.2. The summed E-state index contributed by atoms with van der Waals surface area (Å²) in [7, 11) is 2.01. The Morgan fingerprint density at radius 3 is 2.57 bits per heavy atom. The van der Waals surface area contributed by atoms with Gasteiger partial charge >= 0.3 is 0 Å². The minimum atomic E-state index is 0.679. The van der Waals surface area contributed by atoms with Crippen LogP contribution in [0, 0.1) is 0 Å². The molecule has 0 bridgehead atoms. The second kappa shape index (κ2) is 5.99. The molecule has 1 fully saturated rings. The van der Waals surface area contributed by atoms with Crippen molar-refractivity contribution in [3.63, 3.8) is 0 Å². The first kappa shape index (κ1) is 13.7. The minimum Gasteiger partial charge on any atom is -0.393 e. The molecule has 1 saturated heterocycles. The molecule has 5 nitrogen and oxygen atoms in total. The highest BCUT2D eigenvalue weighted by Crippen LogP contribution is 2.30. The lowest BCUT2D eigenvalue weighted by atomic mass is 10.2. The van der Waals surface area contributed by atoms with Crippen LogP contribution in [0.5, 0.6) is 0 Å². The van der Waals surface area contributed by atoms with E-state index in [1.54, 1.807) is 6.33 Å². The fraction of sp³-hybridized carbons (Fsp3) is 0.375. The molecule has 5 heteroatoms. The fourth-order valence-corrected chi connectivity index (χ4v) is 2.79. The van der Waals surface area contributed by atoms with Crippen LogP contribution in [0.2, 0.25) is 0 Å². The Hall–Kier alpha value is -2.30. The van der Waals surface area contributed by atoms with E-state index in [0.29, 0.717) is 5.69 Å². The van der Waals surface area contributed by atoms with Gasteiger partial charge in [0, 0.05) is 26.7 Å². The molecular weight excluding hydrogens is 262 g/mol. The van der Waals surface area contributed by atoms with E-state index in [2.05, 4.69) is 31.9 Å². The molecule has 0 saturated carbocycles. The lowest BCUT2D eigenvalue weighted by molar-refractivity contribution is 0.879. The molecule has 0 atom stereocenters. The second-order valence-electron chi connectivity index (χ2n) is 5.47. The van der Waals surface area contributed by atoms with Gasteiger partial charge in [-0.1, -0.05) is 30.3 Å². The highest BCUT2D eigenvalue weighted by molar-refractivity contribution is 5.75. The number of nitrogen functional groups attached to an aromatic ring is 1. The Bertz CT molecular complexity index is 593. The molecular formula is C16H21N5. The first-order valence-corrected chi connectivity index (χ1v) is 7.36. The van der Waals surface area contributed by atoms with Crippen molar-refractivity contribution in [1.82, 2.24) is 9.97 Å². The van der Waals surface area contributed by atoms with Gasteiger partial charge in [-0.3, -0.25) is 0 Å². The Labute approximate surface area is 125 Å². The molecule has 1 aliphatic rings. The lowest BCUT2D eigenvalue weighted by Gasteiger charge is -2.24. The van der Waals surface area contributed by atoms with E-state index in [1.165, 1.54) is 18.4 Å². The van der Waals surface area contributed by atoms with E-state index in [0.717, 1.165) is 31.3 Å². The largest absolute Gasteiger partial charge is 0.393 e. The van der Waals surface area contributed by atoms with E-state index in [1.807, 2.05) is 25.2 Å². The molecule has 2 aromatic rings. The summed E-state index contributed by atoms with van der Waals surface area (Å²) in [6, 6.07) is 10.3. The average Bonchev–Trinajstić information content (AvgIpc) is 3.02. The van der Waals surface area contributed by atoms with E-state index in [4.69, 9.17) is 5.73 Å². The SMILES string of the molecule is CN(Cc1ccccc1)c1ncnc(N2CCCC2)c1N. The van der Waals surface area contributed by atoms with Crippen molar-refractivity contribution in [2.24, 2.45) is 0 Å². The zero-order chi connectivity index (χ0) is 14.7. The topological polar surface area (TPSA) is 58.3 Å². The van der Waals surface area contributed by atoms with Crippen molar-refractivity contribution in [3.05, 3.63) is 42.2 Å². The Kier molecular flexibility index (Phi) is 3.90. The predicted octanol–water partition coefficient (Wildman–Crippen LogP) is 2.30. The zero-order valence-electron chi connectivity index (χ0n) is 12.4. The predicted molar refractivity (Wildman–Crippen MR) is 86.4 cm³/mol. The van der Waals surface area contributed by atoms with E-state index < -0.39 is 0 Å². The summed E-state index contributed by atoms with van der Waals surface area (Å²) in [5.41, 5.74) is 8.22. The van der Waals surface area contributed by atoms with Gasteiger partial charge in [-0.15, -0.1) is 0 Å². The number of aromatic nitrogens is 2. The van der Waals surface area contributed by atoms with Crippen LogP contribution in [0.15, 0.2) is 36.7 Å². The molecule has 0 aliphatic carbocycles. The Morgan fingerprint density at radius 1 is 1.14 bits per heavy atom. The molecule has 0 amide bonds. The molecule has 1 aliphatic heterocycles. The van der Waals surface area contributed by atoms with Crippen molar-refractivity contribution < 1.29 is 0 Å². The van der Waals surface area contributed by atoms with Crippen molar-refractivity contribution in [2.75, 3.05) is 35.7 Å². The van der Waals surface area contributed by atoms with Gasteiger partial charge in [-0.2, -0.15) is 0 Å². The monoisotopic (exact) mass is 283 g/mol. The number of benzene rings is 1. The van der Waals surface area contributed by atoms with Crippen LogP contribution in [-0.4, -0.2) is 30.1 Å². The fourth-order valence-electron chi connectivity index (χ4n) is 2.79. The maximum Gasteiger partial charge on any atom is 0.157 e. The summed E-state index contributed by atoms with van der Waals surface area (Å²) in [6.07, 6.45) is 4.03. The maximum absolute atomic E-state index is 6.31. The smallest absolute Gasteiger partial charge is 0.157 e. The van der Waals surface area contributed by atoms with Gasteiger partial charge < -0.3 is 15.5 Å². The van der Waals surface area contributed by atoms with Crippen LogP contribution in [-0.2, 0) is 6.54 Å². The third kappa shape index (κ3) is 2.91. The number of hydrogen-bond acceptors (Lipinski definition) is 5. The van der Waals surface area contributed by atoms with Gasteiger partial charge in [0.2, 0.25) is 0 Å².